The van der Waals surface area contributed by atoms with Crippen LogP contribution in [0.25, 0.3) is 0 Å². The maximum absolute atomic E-state index is 10.2. The van der Waals surface area contributed by atoms with Crippen LogP contribution in [-0.2, 0) is 9.59 Å². The van der Waals surface area contributed by atoms with E-state index in [1.54, 1.807) is 0 Å². The minimum absolute atomic E-state index is 0. The zero-order chi connectivity index (χ0) is 15.5. The molecule has 20 heavy (non-hydrogen) atoms. The maximum atomic E-state index is 10.2. The van der Waals surface area contributed by atoms with Gasteiger partial charge in [-0.05, 0) is 0 Å². The van der Waals surface area contributed by atoms with Crippen LogP contribution in [0, 0.1) is 24.7 Å². The lowest BCUT2D eigenvalue weighted by atomic mass is 10.6. The molecule has 0 fully saturated rings. The van der Waals surface area contributed by atoms with Crippen molar-refractivity contribution in [1.82, 2.24) is 16.3 Å². The number of nitrogens with two attached hydrogens (primary N) is 1. The van der Waals surface area contributed by atoms with Crippen LogP contribution in [-0.4, -0.2) is 47.2 Å². The molecule has 0 radical (unpaired) electrons. The summed E-state index contributed by atoms with van der Waals surface area (Å²) in [5.74, 6) is 3.55. The highest BCUT2D eigenvalue weighted by Crippen LogP contribution is 1.68. The van der Waals surface area contributed by atoms with Gasteiger partial charge in [0, 0.05) is 0 Å². The van der Waals surface area contributed by atoms with Gasteiger partial charge in [0.25, 0.3) is 11.8 Å². The molecule has 116 valence electrons. The number of alkyl halides is 1. The molecule has 0 aromatic carbocycles. The van der Waals surface area contributed by atoms with Crippen LogP contribution in [0.2, 0.25) is 0 Å². The first-order chi connectivity index (χ1) is 9.03. The van der Waals surface area contributed by atoms with Crippen molar-refractivity contribution in [3.8, 4) is 24.7 Å². The van der Waals surface area contributed by atoms with E-state index in [1.165, 1.54) is 11.0 Å². The quantitative estimate of drug-likeness (QED) is 0.124. The maximum Gasteiger partial charge on any atom is 0.257 e. The molecule has 2 amide bonds. The molecule has 0 rings (SSSR count). The monoisotopic (exact) mass is 352 g/mol. The molecule has 0 aromatic rings. The number of hydroxylamine groups is 2. The topological polar surface area (TPSA) is 137 Å². The third kappa shape index (κ3) is 36.0. The molecule has 0 bridgehead atoms. The van der Waals surface area contributed by atoms with Gasteiger partial charge in [-0.25, -0.2) is 11.0 Å². The molecule has 0 heterocycles. The van der Waals surface area contributed by atoms with Gasteiger partial charge in [0.2, 0.25) is 0 Å². The molecule has 0 aliphatic rings. The first kappa shape index (κ1) is 26.8. The minimum atomic E-state index is -0.574. The smallest absolute Gasteiger partial charge is 0.257 e. The molecule has 0 spiro atoms. The largest absolute Gasteiger partial charge is 0.322 e. The molecule has 9 heteroatoms. The lowest BCUT2D eigenvalue weighted by molar-refractivity contribution is -0.128. The second kappa shape index (κ2) is 26.0. The van der Waals surface area contributed by atoms with E-state index in [9.17, 15) is 9.59 Å². The summed E-state index contributed by atoms with van der Waals surface area (Å²) < 4.78 is 0. The van der Waals surface area contributed by atoms with E-state index in [4.69, 9.17) is 29.0 Å². The molecular weight excluding hydrogens is 332 g/mol. The number of nitrogens with one attached hydrogen (secondary N) is 3. The second-order valence-electron chi connectivity index (χ2n) is 2.42. The number of carbonyl (C=O) groups is 2. The highest BCUT2D eigenvalue weighted by molar-refractivity contribution is 9.09. The summed E-state index contributed by atoms with van der Waals surface area (Å²) in [5.41, 5.74) is 7.52. The van der Waals surface area contributed by atoms with Gasteiger partial charge < -0.3 is 5.73 Å². The van der Waals surface area contributed by atoms with E-state index in [0.29, 0.717) is 11.9 Å². The van der Waals surface area contributed by atoms with E-state index >= 15 is 0 Å². The van der Waals surface area contributed by atoms with Gasteiger partial charge in [-0.1, -0.05) is 35.2 Å². The Hall–Kier alpha value is -1.62. The number of halogens is 1. The van der Waals surface area contributed by atoms with Crippen molar-refractivity contribution in [3.05, 3.63) is 0 Å². The summed E-state index contributed by atoms with van der Waals surface area (Å²) >= 11 is 3.01. The first-order valence-corrected chi connectivity index (χ1v) is 5.85. The lowest BCUT2D eigenvalue weighted by Crippen LogP contribution is -2.31. The Kier molecular flexibility index (Phi) is 35.0. The van der Waals surface area contributed by atoms with Gasteiger partial charge in [-0.15, -0.1) is 12.8 Å². The van der Waals surface area contributed by atoms with E-state index in [0.717, 1.165) is 0 Å². The lowest BCUT2D eigenvalue weighted by Gasteiger charge is -1.95. The first-order valence-electron chi connectivity index (χ1n) is 4.73. The molecule has 0 atom stereocenters. The number of terminal acetylenes is 2. The molecule has 0 aliphatic heterocycles. The molecule has 0 aromatic heterocycles. The van der Waals surface area contributed by atoms with E-state index in [2.05, 4.69) is 33.1 Å². The Morgan fingerprint density at radius 1 is 1.15 bits per heavy atom. The Balaban J connectivity index is -0.000000102. The molecule has 7 N–H and O–H groups in total. The van der Waals surface area contributed by atoms with Crippen molar-refractivity contribution in [2.24, 2.45) is 5.73 Å². The van der Waals surface area contributed by atoms with Crippen LogP contribution in [0.4, 0.5) is 0 Å². The number of carbonyl (C=O) groups excluding carboxylic acids is 2. The molecule has 0 saturated carbocycles. The van der Waals surface area contributed by atoms with Crippen molar-refractivity contribution in [1.29, 1.82) is 0 Å². The Morgan fingerprint density at radius 3 is 1.80 bits per heavy atom. The van der Waals surface area contributed by atoms with Crippen LogP contribution < -0.4 is 22.0 Å². The summed E-state index contributed by atoms with van der Waals surface area (Å²) in [6, 6.07) is 0. The summed E-state index contributed by atoms with van der Waals surface area (Å²) in [4.78, 5) is 19.9. The number of hydrogen-bond acceptors (Lipinski definition) is 6. The van der Waals surface area contributed by atoms with Gasteiger partial charge in [0.15, 0.2) is 0 Å². The molecule has 0 unspecified atom stereocenters. The van der Waals surface area contributed by atoms with Crippen molar-refractivity contribution in [3.63, 3.8) is 0 Å². The van der Waals surface area contributed by atoms with E-state index in [-0.39, 0.29) is 20.5 Å². The summed E-state index contributed by atoms with van der Waals surface area (Å²) in [6.45, 7) is 0.199. The predicted molar refractivity (Wildman–Crippen MR) is 80.0 cm³/mol. The molecule has 8 nitrogen and oxygen atoms in total. The fourth-order valence-electron chi connectivity index (χ4n) is 0.333. The van der Waals surface area contributed by atoms with Crippen LogP contribution >= 0.6 is 15.9 Å². The van der Waals surface area contributed by atoms with Crippen molar-refractivity contribution < 1.29 is 20.0 Å². The zero-order valence-corrected chi connectivity index (χ0v) is 11.7. The highest BCUT2D eigenvalue weighted by atomic mass is 79.9. The van der Waals surface area contributed by atoms with Crippen molar-refractivity contribution in [2.45, 2.75) is 7.43 Å². The Bertz CT molecular complexity index is 307. The van der Waals surface area contributed by atoms with Crippen molar-refractivity contribution >= 4 is 27.7 Å². The zero-order valence-electron chi connectivity index (χ0n) is 10.1. The van der Waals surface area contributed by atoms with Gasteiger partial charge >= 0.3 is 0 Å². The third-order valence-corrected chi connectivity index (χ3v) is 1.35. The molecular formula is C11H21BrN4O4. The SMILES string of the molecule is C.C#CCBr.C#CCNCC(=O)NO.NCC(=O)NO. The summed E-state index contributed by atoms with van der Waals surface area (Å²) in [7, 11) is 0. The van der Waals surface area contributed by atoms with Gasteiger partial charge in [0.1, 0.15) is 0 Å². The van der Waals surface area contributed by atoms with E-state index in [1.807, 2.05) is 0 Å². The van der Waals surface area contributed by atoms with Gasteiger partial charge in [0.05, 0.1) is 25.0 Å². The standard InChI is InChI=1S/C5H8N2O2.C3H3Br.C2H6N2O2.CH4/c1-2-3-6-4-5(8)7-9;1-2-3-4;3-1-2(5)4-6;/h1,6,9H,3-4H2,(H,7,8);1H,3H2;6H,1,3H2,(H,4,5);1H4. The van der Waals surface area contributed by atoms with Crippen LogP contribution in [0.3, 0.4) is 0 Å². The average molecular weight is 353 g/mol. The Morgan fingerprint density at radius 2 is 1.60 bits per heavy atom. The minimum Gasteiger partial charge on any atom is -0.322 e. The van der Waals surface area contributed by atoms with Gasteiger partial charge in [-0.3, -0.25) is 25.3 Å². The predicted octanol–water partition coefficient (Wildman–Crippen LogP) is -1.18. The number of amides is 2. The van der Waals surface area contributed by atoms with Gasteiger partial charge in [-0.2, -0.15) is 0 Å². The normalized spacial score (nSPS) is 6.90. The number of rotatable bonds is 4. The summed E-state index contributed by atoms with van der Waals surface area (Å²) in [5, 5.41) is 18.8. The van der Waals surface area contributed by atoms with E-state index < -0.39 is 11.8 Å². The van der Waals surface area contributed by atoms with Crippen LogP contribution in [0.15, 0.2) is 0 Å². The van der Waals surface area contributed by atoms with Crippen LogP contribution in [0.5, 0.6) is 0 Å². The summed E-state index contributed by atoms with van der Waals surface area (Å²) in [6.07, 6.45) is 9.58. The van der Waals surface area contributed by atoms with Crippen LogP contribution in [0.1, 0.15) is 7.43 Å². The van der Waals surface area contributed by atoms with Crippen molar-refractivity contribution in [2.75, 3.05) is 25.0 Å². The molecule has 0 saturated heterocycles. The third-order valence-electron chi connectivity index (χ3n) is 1.02. The fourth-order valence-corrected chi connectivity index (χ4v) is 0.333. The molecule has 0 aliphatic carbocycles. The Labute approximate surface area is 127 Å². The second-order valence-corrected chi connectivity index (χ2v) is 2.98. The fraction of sp³-hybridized carbons (Fsp3) is 0.455. The highest BCUT2D eigenvalue weighted by Gasteiger charge is 1.93. The average Bonchev–Trinajstić information content (AvgIpc) is 2.47. The number of hydrogen-bond donors (Lipinski definition) is 6.